The number of carbonyl (C=O) groups excluding carboxylic acids is 2. The second-order valence-corrected chi connectivity index (χ2v) is 12.6. The predicted molar refractivity (Wildman–Crippen MR) is 154 cm³/mol. The van der Waals surface area contributed by atoms with Crippen molar-refractivity contribution in [3.8, 4) is 0 Å². The number of nitrogens with one attached hydrogen (secondary N) is 1. The summed E-state index contributed by atoms with van der Waals surface area (Å²) in [5.41, 5.74) is 2.43. The summed E-state index contributed by atoms with van der Waals surface area (Å²) in [5, 5.41) is 3.86. The second kappa shape index (κ2) is 13.7. The molecule has 2 aromatic rings. The Morgan fingerprint density at radius 3 is 2.24 bits per heavy atom. The van der Waals surface area contributed by atoms with E-state index < -0.39 is 16.1 Å². The average Bonchev–Trinajstić information content (AvgIpc) is 3.39. The normalized spacial score (nSPS) is 14.8. The molecule has 1 N–H and O–H groups in total. The van der Waals surface area contributed by atoms with Crippen LogP contribution in [0.1, 0.15) is 63.5 Å². The lowest BCUT2D eigenvalue weighted by atomic mass is 10.1. The Bertz CT molecular complexity index is 1220. The second-order valence-electron chi connectivity index (χ2n) is 9.89. The van der Waals surface area contributed by atoms with Crippen LogP contribution in [0.25, 0.3) is 0 Å². The van der Waals surface area contributed by atoms with Crippen molar-refractivity contribution in [3.63, 3.8) is 0 Å². The molecule has 0 bridgehead atoms. The standard InChI is InChI=1S/C28H37Cl2N3O4S/c1-4-21-11-14-24(15-12-21)33(38(3,36)37)17-7-10-27(34)32(19-22-13-16-25(29)26(30)18-22)20(2)28(35)31-23-8-5-6-9-23/h11-16,18,20,23H,4-10,17,19H2,1-3H3,(H,31,35)/t20-/m0/s1. The van der Waals surface area contributed by atoms with Crippen molar-refractivity contribution in [2.24, 2.45) is 0 Å². The Morgan fingerprint density at radius 1 is 1.03 bits per heavy atom. The fourth-order valence-electron chi connectivity index (χ4n) is 4.71. The average molecular weight is 583 g/mol. The first kappa shape index (κ1) is 30.3. The number of halogens is 2. The van der Waals surface area contributed by atoms with Gasteiger partial charge in [0, 0.05) is 25.6 Å². The molecule has 1 atom stereocenters. The maximum Gasteiger partial charge on any atom is 0.242 e. The van der Waals surface area contributed by atoms with Crippen molar-refractivity contribution in [1.29, 1.82) is 0 Å². The van der Waals surface area contributed by atoms with Gasteiger partial charge in [0.2, 0.25) is 21.8 Å². The fourth-order valence-corrected chi connectivity index (χ4v) is 6.00. The summed E-state index contributed by atoms with van der Waals surface area (Å²) in [5.74, 6) is -0.431. The number of sulfonamides is 1. The van der Waals surface area contributed by atoms with Gasteiger partial charge >= 0.3 is 0 Å². The molecule has 1 aliphatic carbocycles. The molecule has 0 radical (unpaired) electrons. The molecule has 208 valence electrons. The van der Waals surface area contributed by atoms with Crippen LogP contribution in [-0.2, 0) is 32.6 Å². The Balaban J connectivity index is 1.73. The molecule has 0 heterocycles. The third-order valence-electron chi connectivity index (χ3n) is 6.99. The molecule has 0 aromatic heterocycles. The van der Waals surface area contributed by atoms with Crippen LogP contribution in [0.3, 0.4) is 0 Å². The fraction of sp³-hybridized carbons (Fsp3) is 0.500. The molecule has 7 nitrogen and oxygen atoms in total. The molecule has 1 fully saturated rings. The Labute approximate surface area is 236 Å². The summed E-state index contributed by atoms with van der Waals surface area (Å²) >= 11 is 12.3. The first-order valence-corrected chi connectivity index (χ1v) is 15.7. The molecule has 0 spiro atoms. The molecule has 2 amide bonds. The third kappa shape index (κ3) is 8.35. The molecule has 0 saturated heterocycles. The number of carbonyl (C=O) groups is 2. The molecule has 1 saturated carbocycles. The van der Waals surface area contributed by atoms with E-state index in [4.69, 9.17) is 23.2 Å². The lowest BCUT2D eigenvalue weighted by molar-refractivity contribution is -0.141. The SMILES string of the molecule is CCc1ccc(N(CCCC(=O)N(Cc2ccc(Cl)c(Cl)c2)[C@@H](C)C(=O)NC2CCCC2)S(C)(=O)=O)cc1. The highest BCUT2D eigenvalue weighted by molar-refractivity contribution is 7.92. The van der Waals surface area contributed by atoms with E-state index >= 15 is 0 Å². The minimum absolute atomic E-state index is 0.0848. The van der Waals surface area contributed by atoms with Gasteiger partial charge in [-0.3, -0.25) is 13.9 Å². The van der Waals surface area contributed by atoms with E-state index in [1.54, 1.807) is 37.3 Å². The van der Waals surface area contributed by atoms with Gasteiger partial charge in [0.25, 0.3) is 0 Å². The maximum absolute atomic E-state index is 13.5. The van der Waals surface area contributed by atoms with Gasteiger partial charge in [0.15, 0.2) is 0 Å². The quantitative estimate of drug-likeness (QED) is 0.354. The van der Waals surface area contributed by atoms with Crippen LogP contribution in [0.5, 0.6) is 0 Å². The number of amides is 2. The van der Waals surface area contributed by atoms with Crippen molar-refractivity contribution in [1.82, 2.24) is 10.2 Å². The van der Waals surface area contributed by atoms with Crippen LogP contribution < -0.4 is 9.62 Å². The number of nitrogens with zero attached hydrogens (tertiary/aromatic N) is 2. The number of rotatable bonds is 12. The van der Waals surface area contributed by atoms with Gasteiger partial charge in [-0.25, -0.2) is 8.42 Å². The summed E-state index contributed by atoms with van der Waals surface area (Å²) in [7, 11) is -3.54. The van der Waals surface area contributed by atoms with Gasteiger partial charge in [0.1, 0.15) is 6.04 Å². The first-order valence-electron chi connectivity index (χ1n) is 13.1. The number of anilines is 1. The van der Waals surface area contributed by atoms with Gasteiger partial charge in [-0.05, 0) is 68.0 Å². The number of hydrogen-bond acceptors (Lipinski definition) is 4. The van der Waals surface area contributed by atoms with Gasteiger partial charge in [-0.15, -0.1) is 0 Å². The summed E-state index contributed by atoms with van der Waals surface area (Å²) in [6.07, 6.45) is 6.47. The minimum atomic E-state index is -3.54. The molecular formula is C28H37Cl2N3O4S. The highest BCUT2D eigenvalue weighted by Crippen LogP contribution is 2.25. The van der Waals surface area contributed by atoms with E-state index in [9.17, 15) is 18.0 Å². The van der Waals surface area contributed by atoms with Gasteiger partial charge < -0.3 is 10.2 Å². The monoisotopic (exact) mass is 581 g/mol. The van der Waals surface area contributed by atoms with E-state index in [1.165, 1.54) is 9.21 Å². The third-order valence-corrected chi connectivity index (χ3v) is 8.92. The summed E-state index contributed by atoms with van der Waals surface area (Å²) in [6.45, 7) is 4.09. The summed E-state index contributed by atoms with van der Waals surface area (Å²) in [4.78, 5) is 28.1. The van der Waals surface area contributed by atoms with E-state index in [0.717, 1.165) is 49.5 Å². The Morgan fingerprint density at radius 2 is 1.66 bits per heavy atom. The van der Waals surface area contributed by atoms with Crippen molar-refractivity contribution < 1.29 is 18.0 Å². The predicted octanol–water partition coefficient (Wildman–Crippen LogP) is 5.58. The van der Waals surface area contributed by atoms with Gasteiger partial charge in [-0.1, -0.05) is 61.2 Å². The van der Waals surface area contributed by atoms with Crippen LogP contribution in [0.2, 0.25) is 10.0 Å². The van der Waals surface area contributed by atoms with E-state index in [2.05, 4.69) is 5.32 Å². The van der Waals surface area contributed by atoms with Crippen molar-refractivity contribution in [3.05, 3.63) is 63.6 Å². The minimum Gasteiger partial charge on any atom is -0.352 e. The van der Waals surface area contributed by atoms with Crippen LogP contribution in [-0.4, -0.2) is 50.0 Å². The summed E-state index contributed by atoms with van der Waals surface area (Å²) in [6, 6.07) is 11.9. The van der Waals surface area contributed by atoms with E-state index in [0.29, 0.717) is 22.2 Å². The highest BCUT2D eigenvalue weighted by Gasteiger charge is 2.29. The Hall–Kier alpha value is -2.29. The van der Waals surface area contributed by atoms with Crippen LogP contribution >= 0.6 is 23.2 Å². The summed E-state index contributed by atoms with van der Waals surface area (Å²) < 4.78 is 26.3. The number of aryl methyl sites for hydroxylation is 1. The first-order chi connectivity index (χ1) is 18.0. The topological polar surface area (TPSA) is 86.8 Å². The number of benzene rings is 2. The molecule has 2 aromatic carbocycles. The van der Waals surface area contributed by atoms with Crippen molar-refractivity contribution in [2.45, 2.75) is 77.4 Å². The van der Waals surface area contributed by atoms with Crippen LogP contribution in [0.15, 0.2) is 42.5 Å². The van der Waals surface area contributed by atoms with Gasteiger partial charge in [-0.2, -0.15) is 0 Å². The van der Waals surface area contributed by atoms with E-state index in [-0.39, 0.29) is 37.4 Å². The lowest BCUT2D eigenvalue weighted by Crippen LogP contribution is -2.49. The van der Waals surface area contributed by atoms with Crippen LogP contribution in [0.4, 0.5) is 5.69 Å². The molecule has 1 aliphatic rings. The maximum atomic E-state index is 13.5. The largest absolute Gasteiger partial charge is 0.352 e. The zero-order valence-electron chi connectivity index (χ0n) is 22.3. The van der Waals surface area contributed by atoms with Gasteiger partial charge in [0.05, 0.1) is 22.0 Å². The molecule has 10 heteroatoms. The molecule has 38 heavy (non-hydrogen) atoms. The van der Waals surface area contributed by atoms with E-state index in [1.807, 2.05) is 19.1 Å². The lowest BCUT2D eigenvalue weighted by Gasteiger charge is -2.30. The molecule has 0 unspecified atom stereocenters. The molecule has 3 rings (SSSR count). The zero-order chi connectivity index (χ0) is 27.9. The van der Waals surface area contributed by atoms with Crippen molar-refractivity contribution >= 4 is 50.7 Å². The van der Waals surface area contributed by atoms with Crippen LogP contribution in [0, 0.1) is 0 Å². The number of hydrogen-bond donors (Lipinski definition) is 1. The Kier molecular flexibility index (Phi) is 10.9. The van der Waals surface area contributed by atoms with Crippen molar-refractivity contribution in [2.75, 3.05) is 17.1 Å². The smallest absolute Gasteiger partial charge is 0.242 e. The molecule has 0 aliphatic heterocycles. The highest BCUT2D eigenvalue weighted by atomic mass is 35.5. The zero-order valence-corrected chi connectivity index (χ0v) is 24.6. The molecular weight excluding hydrogens is 545 g/mol.